The van der Waals surface area contributed by atoms with Gasteiger partial charge in [0.15, 0.2) is 12.4 Å². The number of hydrogen-bond acceptors (Lipinski definition) is 1. The van der Waals surface area contributed by atoms with Crippen LogP contribution in [-0.4, -0.2) is 4.57 Å². The van der Waals surface area contributed by atoms with Gasteiger partial charge < -0.3 is 9.47 Å². The number of rotatable bonds is 10. The average molecular weight is 525 g/mol. The van der Waals surface area contributed by atoms with E-state index in [1.54, 1.807) is 0 Å². The molecule has 200 valence electrons. The summed E-state index contributed by atoms with van der Waals surface area (Å²) >= 11 is 0. The quantitative estimate of drug-likeness (QED) is 0.162. The second-order valence-corrected chi connectivity index (χ2v) is 10.6. The second-order valence-electron chi connectivity index (χ2n) is 10.6. The van der Waals surface area contributed by atoms with Crippen LogP contribution >= 0.6 is 0 Å². The molecule has 0 fully saturated rings. The Bertz CT molecular complexity index is 1660. The molecule has 0 saturated carbocycles. The van der Waals surface area contributed by atoms with E-state index in [9.17, 15) is 0 Å². The fourth-order valence-electron chi connectivity index (χ4n) is 5.70. The average Bonchev–Trinajstić information content (AvgIpc) is 3.32. The number of hydrogen-bond donors (Lipinski definition) is 0. The van der Waals surface area contributed by atoms with Crippen LogP contribution in [0.25, 0.3) is 32.9 Å². The van der Waals surface area contributed by atoms with Crippen LogP contribution < -0.4 is 9.47 Å². The molecule has 0 aliphatic heterocycles. The Hall–Kier alpha value is -4.37. The number of pyridine rings is 1. The van der Waals surface area contributed by atoms with Gasteiger partial charge in [0, 0.05) is 58.4 Å². The van der Waals surface area contributed by atoms with Gasteiger partial charge in [-0.3, -0.25) is 0 Å². The van der Waals surface area contributed by atoms with Gasteiger partial charge in [0.05, 0.1) is 5.52 Å². The molecule has 0 aliphatic rings. The van der Waals surface area contributed by atoms with Crippen LogP contribution in [0, 0.1) is 0 Å². The van der Waals surface area contributed by atoms with Crippen LogP contribution in [0.5, 0.6) is 0 Å². The fourth-order valence-corrected chi connectivity index (χ4v) is 5.70. The van der Waals surface area contributed by atoms with Crippen molar-refractivity contribution in [1.82, 2.24) is 4.57 Å². The third kappa shape index (κ3) is 5.12. The molecule has 2 heterocycles. The van der Waals surface area contributed by atoms with Crippen LogP contribution in [-0.2, 0) is 13.1 Å². The van der Waals surface area contributed by atoms with Crippen LogP contribution in [0.15, 0.2) is 122 Å². The molecule has 0 unspecified atom stereocenters. The minimum absolute atomic E-state index is 1.01. The standard InChI is InChI=1S/C37H38N3/c1-3-5-23-38-25-21-29(22-26-38)30-17-19-34-35-20-18-33(28-37(35)39(24-6-4-2)36(34)27-30)40(31-13-9-7-10-14-31)32-15-11-8-12-16-32/h7-22,25-28H,3-6,23-24H2,1-2H3/q+1. The zero-order valence-electron chi connectivity index (χ0n) is 23.6. The maximum absolute atomic E-state index is 2.54. The van der Waals surface area contributed by atoms with E-state index in [1.807, 2.05) is 0 Å². The summed E-state index contributed by atoms with van der Waals surface area (Å²) in [6, 6.07) is 39.8. The minimum atomic E-state index is 1.01. The predicted octanol–water partition coefficient (Wildman–Crippen LogP) is 9.82. The van der Waals surface area contributed by atoms with E-state index < -0.39 is 0 Å². The molecular weight excluding hydrogens is 486 g/mol. The number of nitrogens with zero attached hydrogens (tertiary/aromatic N) is 3. The molecule has 6 rings (SSSR count). The Morgan fingerprint density at radius 2 is 1.18 bits per heavy atom. The van der Waals surface area contributed by atoms with E-state index in [-0.39, 0.29) is 0 Å². The lowest BCUT2D eigenvalue weighted by molar-refractivity contribution is -0.697. The molecular formula is C37H38N3+. The van der Waals surface area contributed by atoms with E-state index in [0.717, 1.165) is 37.3 Å². The van der Waals surface area contributed by atoms with E-state index in [4.69, 9.17) is 0 Å². The lowest BCUT2D eigenvalue weighted by Crippen LogP contribution is -2.32. The van der Waals surface area contributed by atoms with Crippen LogP contribution in [0.1, 0.15) is 39.5 Å². The van der Waals surface area contributed by atoms with Crippen LogP contribution in [0.3, 0.4) is 0 Å². The molecule has 0 amide bonds. The Kier molecular flexibility index (Phi) is 7.63. The highest BCUT2D eigenvalue weighted by Gasteiger charge is 2.17. The van der Waals surface area contributed by atoms with E-state index >= 15 is 0 Å². The van der Waals surface area contributed by atoms with Gasteiger partial charge in [-0.25, -0.2) is 4.57 Å². The summed E-state index contributed by atoms with van der Waals surface area (Å²) < 4.78 is 4.83. The van der Waals surface area contributed by atoms with Gasteiger partial charge in [-0.15, -0.1) is 0 Å². The van der Waals surface area contributed by atoms with Crippen molar-refractivity contribution in [1.29, 1.82) is 0 Å². The zero-order valence-corrected chi connectivity index (χ0v) is 23.6. The number of fused-ring (bicyclic) bond motifs is 3. The van der Waals surface area contributed by atoms with E-state index in [1.165, 1.54) is 51.5 Å². The lowest BCUT2D eigenvalue weighted by Gasteiger charge is -2.25. The molecule has 0 spiro atoms. The largest absolute Gasteiger partial charge is 0.340 e. The van der Waals surface area contributed by atoms with Crippen LogP contribution in [0.4, 0.5) is 17.1 Å². The molecule has 0 saturated heterocycles. The second kappa shape index (κ2) is 11.8. The third-order valence-corrected chi connectivity index (χ3v) is 7.87. The molecule has 2 aromatic heterocycles. The van der Waals surface area contributed by atoms with E-state index in [0.29, 0.717) is 0 Å². The SMILES string of the molecule is CCCCn1c2cc(-c3cc[n+](CCCC)cc3)ccc2c2ccc(N(c3ccccc3)c3ccccc3)cc21. The summed E-state index contributed by atoms with van der Waals surface area (Å²) in [5.74, 6) is 0. The summed E-state index contributed by atoms with van der Waals surface area (Å²) in [5, 5.41) is 2.63. The summed E-state index contributed by atoms with van der Waals surface area (Å²) in [4.78, 5) is 2.35. The number of anilines is 3. The first-order chi connectivity index (χ1) is 19.8. The van der Waals surface area contributed by atoms with Crippen molar-refractivity contribution >= 4 is 38.9 Å². The van der Waals surface area contributed by atoms with Gasteiger partial charge in [0.25, 0.3) is 0 Å². The number of aryl methyl sites for hydroxylation is 2. The molecule has 0 aliphatic carbocycles. The van der Waals surface area contributed by atoms with E-state index in [2.05, 4.69) is 149 Å². The first kappa shape index (κ1) is 25.9. The van der Waals surface area contributed by atoms with Crippen molar-refractivity contribution in [2.75, 3.05) is 4.90 Å². The maximum Gasteiger partial charge on any atom is 0.169 e. The van der Waals surface area contributed by atoms with Crippen molar-refractivity contribution in [3.63, 3.8) is 0 Å². The molecule has 3 heteroatoms. The third-order valence-electron chi connectivity index (χ3n) is 7.87. The summed E-state index contributed by atoms with van der Waals surface area (Å²) in [7, 11) is 0. The number of para-hydroxylation sites is 2. The number of aromatic nitrogens is 2. The Balaban J connectivity index is 1.48. The topological polar surface area (TPSA) is 12.0 Å². The molecule has 3 nitrogen and oxygen atoms in total. The molecule has 6 aromatic rings. The van der Waals surface area contributed by atoms with Crippen molar-refractivity contribution in [3.8, 4) is 11.1 Å². The fraction of sp³-hybridized carbons (Fsp3) is 0.216. The first-order valence-corrected chi connectivity index (χ1v) is 14.7. The zero-order chi connectivity index (χ0) is 27.3. The monoisotopic (exact) mass is 524 g/mol. The van der Waals surface area contributed by atoms with Crippen molar-refractivity contribution in [2.45, 2.75) is 52.6 Å². The van der Waals surface area contributed by atoms with Crippen LogP contribution in [0.2, 0.25) is 0 Å². The van der Waals surface area contributed by atoms with Gasteiger partial charge in [0.1, 0.15) is 6.54 Å². The first-order valence-electron chi connectivity index (χ1n) is 14.7. The van der Waals surface area contributed by atoms with Gasteiger partial charge in [-0.1, -0.05) is 81.3 Å². The predicted molar refractivity (Wildman–Crippen MR) is 170 cm³/mol. The summed E-state index contributed by atoms with van der Waals surface area (Å²) in [6.07, 6.45) is 9.17. The van der Waals surface area contributed by atoms with Gasteiger partial charge >= 0.3 is 0 Å². The molecule has 4 aromatic carbocycles. The van der Waals surface area contributed by atoms with Gasteiger partial charge in [-0.05, 0) is 60.0 Å². The highest BCUT2D eigenvalue weighted by Crippen LogP contribution is 2.39. The van der Waals surface area contributed by atoms with Gasteiger partial charge in [0.2, 0.25) is 0 Å². The summed E-state index contributed by atoms with van der Waals surface area (Å²) in [5.41, 5.74) is 8.63. The maximum atomic E-state index is 2.54. The Morgan fingerprint density at radius 1 is 0.575 bits per heavy atom. The highest BCUT2D eigenvalue weighted by molar-refractivity contribution is 6.10. The number of benzene rings is 4. The van der Waals surface area contributed by atoms with Crippen molar-refractivity contribution in [3.05, 3.63) is 122 Å². The Morgan fingerprint density at radius 3 is 1.80 bits per heavy atom. The van der Waals surface area contributed by atoms with Crippen molar-refractivity contribution in [2.24, 2.45) is 0 Å². The number of unbranched alkanes of at least 4 members (excludes halogenated alkanes) is 2. The molecule has 0 bridgehead atoms. The normalized spacial score (nSPS) is 11.3. The summed E-state index contributed by atoms with van der Waals surface area (Å²) in [6.45, 7) is 6.60. The highest BCUT2D eigenvalue weighted by atomic mass is 15.1. The molecule has 0 atom stereocenters. The van der Waals surface area contributed by atoms with Gasteiger partial charge in [-0.2, -0.15) is 0 Å². The molecule has 0 N–H and O–H groups in total. The van der Waals surface area contributed by atoms with Crippen molar-refractivity contribution < 1.29 is 4.57 Å². The smallest absolute Gasteiger partial charge is 0.169 e. The molecule has 0 radical (unpaired) electrons. The lowest BCUT2D eigenvalue weighted by atomic mass is 10.0. The minimum Gasteiger partial charge on any atom is -0.340 e. The molecule has 40 heavy (non-hydrogen) atoms. The Labute approximate surface area is 237 Å².